The van der Waals surface area contributed by atoms with Crippen molar-refractivity contribution in [3.05, 3.63) is 175 Å². The molecule has 0 saturated heterocycles. The maximum absolute atomic E-state index is 9.64. The predicted molar refractivity (Wildman–Crippen MR) is 197 cm³/mol. The molecule has 0 aliphatic heterocycles. The Morgan fingerprint density at radius 1 is 0.479 bits per heavy atom. The van der Waals surface area contributed by atoms with Crippen LogP contribution in [0.15, 0.2) is 158 Å². The summed E-state index contributed by atoms with van der Waals surface area (Å²) in [4.78, 5) is 3.93. The number of rotatable bonds is 4. The fourth-order valence-corrected chi connectivity index (χ4v) is 7.31. The van der Waals surface area contributed by atoms with Crippen LogP contribution in [-0.2, 0) is 0 Å². The summed E-state index contributed by atoms with van der Waals surface area (Å²) < 4.78 is 4.57. The maximum Gasteiger partial charge on any atom is 0.189 e. The number of hydrogen-bond donors (Lipinski definition) is 0. The number of fused-ring (bicyclic) bond motifs is 6. The predicted octanol–water partition coefficient (Wildman–Crippen LogP) is 11.6. The Kier molecular flexibility index (Phi) is 6.22. The van der Waals surface area contributed by atoms with Crippen LogP contribution in [0.4, 0.5) is 5.69 Å². The van der Waals surface area contributed by atoms with Crippen LogP contribution in [0.3, 0.4) is 0 Å². The van der Waals surface area contributed by atoms with Gasteiger partial charge in [0.25, 0.3) is 0 Å². The zero-order chi connectivity index (χ0) is 32.2. The highest BCUT2D eigenvalue weighted by Gasteiger charge is 2.19. The first-order valence-corrected chi connectivity index (χ1v) is 15.9. The molecule has 9 aromatic rings. The highest BCUT2D eigenvalue weighted by atomic mass is 15.0. The van der Waals surface area contributed by atoms with Crippen LogP contribution in [0.2, 0.25) is 0 Å². The number of benzene rings is 7. The van der Waals surface area contributed by atoms with Gasteiger partial charge in [-0.15, -0.1) is 0 Å². The Labute approximate surface area is 277 Å². The Morgan fingerprint density at radius 2 is 1.02 bits per heavy atom. The molecule has 4 nitrogen and oxygen atoms in total. The van der Waals surface area contributed by atoms with E-state index in [1.807, 2.05) is 42.5 Å². The molecule has 0 bridgehead atoms. The summed E-state index contributed by atoms with van der Waals surface area (Å²) in [6, 6.07) is 56.7. The van der Waals surface area contributed by atoms with Gasteiger partial charge in [-0.2, -0.15) is 5.26 Å². The fraction of sp³-hybridized carbons (Fsp3) is 0. The molecule has 2 heterocycles. The minimum atomic E-state index is 0.563. The molecule has 0 spiro atoms. The fourth-order valence-electron chi connectivity index (χ4n) is 7.31. The van der Waals surface area contributed by atoms with Crippen molar-refractivity contribution in [3.8, 4) is 39.7 Å². The van der Waals surface area contributed by atoms with E-state index in [2.05, 4.69) is 135 Å². The van der Waals surface area contributed by atoms with Crippen molar-refractivity contribution in [1.82, 2.24) is 9.13 Å². The van der Waals surface area contributed by atoms with E-state index in [1.54, 1.807) is 0 Å². The molecule has 2 aromatic heterocycles. The van der Waals surface area contributed by atoms with Gasteiger partial charge in [-0.3, -0.25) is 0 Å². The molecule has 0 aliphatic rings. The Morgan fingerprint density at radius 3 is 1.69 bits per heavy atom. The molecular weight excluding hydrogens is 585 g/mol. The molecule has 222 valence electrons. The maximum atomic E-state index is 9.64. The van der Waals surface area contributed by atoms with E-state index in [1.165, 1.54) is 10.8 Å². The lowest BCUT2D eigenvalue weighted by molar-refractivity contribution is 1.18. The average Bonchev–Trinajstić information content (AvgIpc) is 3.67. The summed E-state index contributed by atoms with van der Waals surface area (Å²) in [5.41, 5.74) is 11.7. The molecule has 0 amide bonds. The van der Waals surface area contributed by atoms with Crippen molar-refractivity contribution in [2.45, 2.75) is 0 Å². The minimum Gasteiger partial charge on any atom is -0.310 e. The second-order valence-electron chi connectivity index (χ2n) is 12.0. The molecule has 0 aliphatic carbocycles. The topological polar surface area (TPSA) is 38.0 Å². The lowest BCUT2D eigenvalue weighted by Gasteiger charge is -2.18. The van der Waals surface area contributed by atoms with Crippen molar-refractivity contribution in [1.29, 1.82) is 5.26 Å². The molecule has 7 aromatic carbocycles. The van der Waals surface area contributed by atoms with E-state index in [9.17, 15) is 5.26 Å². The van der Waals surface area contributed by atoms with E-state index in [-0.39, 0.29) is 0 Å². The van der Waals surface area contributed by atoms with Crippen LogP contribution in [0.1, 0.15) is 5.56 Å². The first kappa shape index (κ1) is 27.4. The van der Waals surface area contributed by atoms with Crippen LogP contribution in [0, 0.1) is 17.9 Å². The van der Waals surface area contributed by atoms with Crippen LogP contribution in [-0.4, -0.2) is 9.13 Å². The lowest BCUT2D eigenvalue weighted by Crippen LogP contribution is -1.98. The van der Waals surface area contributed by atoms with Crippen molar-refractivity contribution in [2.24, 2.45) is 0 Å². The SMILES string of the molecule is [C-]#[N+]c1cc(-c2ccccc2-c2ccccc2-n2c3ccccc3c3ccccc32)cc(-n2c3ccccc3c3cc(C#N)ccc32)c1. The third-order valence-corrected chi connectivity index (χ3v) is 9.34. The number of para-hydroxylation sites is 4. The molecule has 4 heteroatoms. The largest absolute Gasteiger partial charge is 0.310 e. The van der Waals surface area contributed by atoms with Crippen molar-refractivity contribution in [3.63, 3.8) is 0 Å². The zero-order valence-electron chi connectivity index (χ0n) is 25.8. The van der Waals surface area contributed by atoms with Gasteiger partial charge in [0, 0.05) is 32.8 Å². The molecule has 0 atom stereocenters. The molecule has 0 fully saturated rings. The number of hydrogen-bond acceptors (Lipinski definition) is 1. The van der Waals surface area contributed by atoms with Gasteiger partial charge in [0.05, 0.1) is 46.0 Å². The van der Waals surface area contributed by atoms with Crippen molar-refractivity contribution >= 4 is 49.3 Å². The van der Waals surface area contributed by atoms with Crippen LogP contribution < -0.4 is 0 Å². The Balaban J connectivity index is 1.29. The first-order valence-electron chi connectivity index (χ1n) is 15.9. The number of aromatic nitrogens is 2. The summed E-state index contributed by atoms with van der Waals surface area (Å²) in [6.07, 6.45) is 0. The van der Waals surface area contributed by atoms with Gasteiger partial charge >= 0.3 is 0 Å². The smallest absolute Gasteiger partial charge is 0.189 e. The summed E-state index contributed by atoms with van der Waals surface area (Å²) in [5, 5.41) is 14.2. The summed E-state index contributed by atoms with van der Waals surface area (Å²) in [7, 11) is 0. The molecule has 0 N–H and O–H groups in total. The second-order valence-corrected chi connectivity index (χ2v) is 12.0. The minimum absolute atomic E-state index is 0.563. The molecule has 0 radical (unpaired) electrons. The van der Waals surface area contributed by atoms with Gasteiger partial charge in [0.2, 0.25) is 0 Å². The molecule has 9 rings (SSSR count). The van der Waals surface area contributed by atoms with Gasteiger partial charge in [-0.05, 0) is 77.4 Å². The highest BCUT2D eigenvalue weighted by molar-refractivity contribution is 6.11. The summed E-state index contributed by atoms with van der Waals surface area (Å²) >= 11 is 0. The molecule has 48 heavy (non-hydrogen) atoms. The van der Waals surface area contributed by atoms with Crippen molar-refractivity contribution < 1.29 is 0 Å². The van der Waals surface area contributed by atoms with E-state index in [0.29, 0.717) is 11.3 Å². The third-order valence-electron chi connectivity index (χ3n) is 9.34. The van der Waals surface area contributed by atoms with Crippen LogP contribution >= 0.6 is 0 Å². The van der Waals surface area contributed by atoms with Crippen LogP contribution in [0.5, 0.6) is 0 Å². The van der Waals surface area contributed by atoms with Gasteiger partial charge in [-0.1, -0.05) is 97.1 Å². The van der Waals surface area contributed by atoms with Gasteiger partial charge in [0.1, 0.15) is 0 Å². The van der Waals surface area contributed by atoms with Crippen LogP contribution in [0.25, 0.3) is 82.1 Å². The molecular formula is C44H26N4. The summed E-state index contributed by atoms with van der Waals surface area (Å²) in [5.74, 6) is 0. The lowest BCUT2D eigenvalue weighted by atomic mass is 9.93. The zero-order valence-corrected chi connectivity index (χ0v) is 25.8. The number of nitrogens with zero attached hydrogens (tertiary/aromatic N) is 4. The van der Waals surface area contributed by atoms with E-state index in [4.69, 9.17) is 6.57 Å². The van der Waals surface area contributed by atoms with E-state index < -0.39 is 0 Å². The average molecular weight is 611 g/mol. The van der Waals surface area contributed by atoms with E-state index in [0.717, 1.165) is 66.5 Å². The van der Waals surface area contributed by atoms with Gasteiger partial charge in [0.15, 0.2) is 5.69 Å². The highest BCUT2D eigenvalue weighted by Crippen LogP contribution is 2.42. The Hall–Kier alpha value is -6.88. The summed E-state index contributed by atoms with van der Waals surface area (Å²) in [6.45, 7) is 8.08. The first-order chi connectivity index (χ1) is 23.7. The second kappa shape index (κ2) is 10.9. The Bertz CT molecular complexity index is 2760. The van der Waals surface area contributed by atoms with Gasteiger partial charge < -0.3 is 9.13 Å². The number of nitriles is 1. The standard InChI is InChI=1S/C44H26N4/c1-46-31-25-30(26-32(27-31)47-40-18-8-7-17-38(40)39-24-29(28-45)22-23-44(39)47)33-12-2-3-13-34(33)35-14-4-9-19-41(35)48-42-20-10-5-15-36(42)37-16-6-11-21-43(37)48/h2-27H. The third kappa shape index (κ3) is 4.14. The molecule has 0 unspecified atom stereocenters. The van der Waals surface area contributed by atoms with Crippen molar-refractivity contribution in [2.75, 3.05) is 0 Å². The monoisotopic (exact) mass is 610 g/mol. The normalized spacial score (nSPS) is 11.3. The molecule has 0 saturated carbocycles. The van der Waals surface area contributed by atoms with Gasteiger partial charge in [-0.25, -0.2) is 4.85 Å². The quantitative estimate of drug-likeness (QED) is 0.183. The van der Waals surface area contributed by atoms with E-state index >= 15 is 0 Å².